The summed E-state index contributed by atoms with van der Waals surface area (Å²) in [5, 5.41) is 4.03. The van der Waals surface area contributed by atoms with E-state index in [1.54, 1.807) is 7.11 Å². The highest BCUT2D eigenvalue weighted by Gasteiger charge is 2.28. The molecule has 5 heteroatoms. The molecule has 0 bridgehead atoms. The zero-order chi connectivity index (χ0) is 13.9. The van der Waals surface area contributed by atoms with Crippen molar-refractivity contribution >= 4 is 0 Å². The van der Waals surface area contributed by atoms with Gasteiger partial charge in [-0.15, -0.1) is 0 Å². The predicted octanol–water partition coefficient (Wildman–Crippen LogP) is 2.91. The first-order valence-corrected chi connectivity index (χ1v) is 6.85. The lowest BCUT2D eigenvalue weighted by Crippen LogP contribution is -2.01. The van der Waals surface area contributed by atoms with Gasteiger partial charge in [-0.1, -0.05) is 17.3 Å². The molecular formula is C15H18N2O3. The van der Waals surface area contributed by atoms with E-state index in [1.807, 2.05) is 24.3 Å². The Hall–Kier alpha value is -1.88. The van der Waals surface area contributed by atoms with Gasteiger partial charge in [0.15, 0.2) is 5.82 Å². The van der Waals surface area contributed by atoms with Crippen molar-refractivity contribution in [1.29, 1.82) is 0 Å². The molecule has 0 aliphatic carbocycles. The molecule has 1 aliphatic heterocycles. The predicted molar refractivity (Wildman–Crippen MR) is 72.6 cm³/mol. The molecule has 0 amide bonds. The minimum Gasteiger partial charge on any atom is -0.497 e. The van der Waals surface area contributed by atoms with Crippen LogP contribution < -0.4 is 4.74 Å². The normalized spacial score (nSPS) is 22.1. The number of ether oxygens (including phenoxy) is 2. The van der Waals surface area contributed by atoms with Gasteiger partial charge in [-0.2, -0.15) is 4.98 Å². The molecule has 1 saturated heterocycles. The first-order valence-electron chi connectivity index (χ1n) is 6.85. The van der Waals surface area contributed by atoms with Crippen LogP contribution in [0, 0.1) is 0 Å². The van der Waals surface area contributed by atoms with Crippen molar-refractivity contribution in [2.45, 2.75) is 38.4 Å². The lowest BCUT2D eigenvalue weighted by molar-refractivity contribution is 0.0355. The van der Waals surface area contributed by atoms with Gasteiger partial charge in [0.2, 0.25) is 0 Å². The Bertz CT molecular complexity index is 565. The third-order valence-corrected chi connectivity index (χ3v) is 3.51. The van der Waals surface area contributed by atoms with E-state index in [0.717, 1.165) is 24.2 Å². The molecule has 2 atom stereocenters. The zero-order valence-electron chi connectivity index (χ0n) is 11.7. The molecule has 0 N–H and O–H groups in total. The Labute approximate surface area is 117 Å². The molecule has 2 heterocycles. The van der Waals surface area contributed by atoms with E-state index in [4.69, 9.17) is 14.0 Å². The molecule has 106 valence electrons. The molecule has 1 fully saturated rings. The van der Waals surface area contributed by atoms with Crippen LogP contribution in [-0.2, 0) is 11.2 Å². The first kappa shape index (κ1) is 13.1. The van der Waals surface area contributed by atoms with Gasteiger partial charge < -0.3 is 14.0 Å². The van der Waals surface area contributed by atoms with Gasteiger partial charge in [0, 0.05) is 6.42 Å². The van der Waals surface area contributed by atoms with Gasteiger partial charge in [-0.3, -0.25) is 0 Å². The van der Waals surface area contributed by atoms with E-state index in [-0.39, 0.29) is 12.2 Å². The zero-order valence-corrected chi connectivity index (χ0v) is 11.7. The fraction of sp³-hybridized carbons (Fsp3) is 0.467. The Balaban J connectivity index is 1.67. The van der Waals surface area contributed by atoms with Crippen LogP contribution in [0.4, 0.5) is 0 Å². The number of methoxy groups -OCH3 is 1. The van der Waals surface area contributed by atoms with E-state index in [1.165, 1.54) is 0 Å². The third kappa shape index (κ3) is 2.82. The van der Waals surface area contributed by atoms with E-state index >= 15 is 0 Å². The van der Waals surface area contributed by atoms with Crippen molar-refractivity contribution in [2.24, 2.45) is 0 Å². The van der Waals surface area contributed by atoms with Crippen LogP contribution in [0.3, 0.4) is 0 Å². The third-order valence-electron chi connectivity index (χ3n) is 3.51. The number of benzene rings is 1. The Morgan fingerprint density at radius 2 is 2.05 bits per heavy atom. The molecule has 1 aromatic heterocycles. The van der Waals surface area contributed by atoms with Crippen molar-refractivity contribution in [3.05, 3.63) is 41.5 Å². The summed E-state index contributed by atoms with van der Waals surface area (Å²) in [4.78, 5) is 4.43. The highest BCUT2D eigenvalue weighted by Crippen LogP contribution is 2.31. The van der Waals surface area contributed by atoms with Crippen molar-refractivity contribution in [1.82, 2.24) is 10.1 Å². The Morgan fingerprint density at radius 1 is 1.25 bits per heavy atom. The summed E-state index contributed by atoms with van der Waals surface area (Å²) >= 11 is 0. The minimum atomic E-state index is -0.0397. The number of hydrogen-bond donors (Lipinski definition) is 0. The van der Waals surface area contributed by atoms with Gasteiger partial charge in [0.05, 0.1) is 13.2 Å². The maximum absolute atomic E-state index is 5.73. The number of rotatable bonds is 4. The monoisotopic (exact) mass is 274 g/mol. The van der Waals surface area contributed by atoms with Crippen molar-refractivity contribution < 1.29 is 14.0 Å². The molecule has 5 nitrogen and oxygen atoms in total. The molecule has 0 spiro atoms. The maximum atomic E-state index is 5.73. The summed E-state index contributed by atoms with van der Waals surface area (Å²) in [7, 11) is 1.66. The Kier molecular flexibility index (Phi) is 3.69. The van der Waals surface area contributed by atoms with Crippen molar-refractivity contribution in [2.75, 3.05) is 7.11 Å². The number of hydrogen-bond acceptors (Lipinski definition) is 5. The summed E-state index contributed by atoms with van der Waals surface area (Å²) in [5.41, 5.74) is 1.12. The number of aromatic nitrogens is 2. The molecule has 0 radical (unpaired) electrons. The number of nitrogens with zero attached hydrogens (tertiary/aromatic N) is 2. The van der Waals surface area contributed by atoms with Gasteiger partial charge in [0.1, 0.15) is 11.9 Å². The minimum absolute atomic E-state index is 0.0397. The van der Waals surface area contributed by atoms with Crippen LogP contribution in [0.1, 0.15) is 43.1 Å². The second-order valence-corrected chi connectivity index (χ2v) is 5.09. The second-order valence-electron chi connectivity index (χ2n) is 5.09. The standard InChI is InChI=1S/C15H18N2O3/c1-10-3-8-13(19-10)15-16-14(17-20-15)9-11-4-6-12(18-2)7-5-11/h4-7,10,13H,3,8-9H2,1-2H3/t10-,13-/m0/s1. The topological polar surface area (TPSA) is 57.4 Å². The van der Waals surface area contributed by atoms with Crippen LogP contribution in [0.15, 0.2) is 28.8 Å². The summed E-state index contributed by atoms with van der Waals surface area (Å²) < 4.78 is 16.2. The molecule has 20 heavy (non-hydrogen) atoms. The fourth-order valence-electron chi connectivity index (χ4n) is 2.38. The molecule has 2 aromatic rings. The van der Waals surface area contributed by atoms with Crippen LogP contribution in [0.5, 0.6) is 5.75 Å². The highest BCUT2D eigenvalue weighted by molar-refractivity contribution is 5.28. The summed E-state index contributed by atoms with van der Waals surface area (Å²) in [6, 6.07) is 7.86. The largest absolute Gasteiger partial charge is 0.497 e. The van der Waals surface area contributed by atoms with E-state index in [9.17, 15) is 0 Å². The van der Waals surface area contributed by atoms with Gasteiger partial charge in [0.25, 0.3) is 5.89 Å². The lowest BCUT2D eigenvalue weighted by atomic mass is 10.1. The maximum Gasteiger partial charge on any atom is 0.255 e. The molecule has 1 aliphatic rings. The lowest BCUT2D eigenvalue weighted by Gasteiger charge is -2.04. The fourth-order valence-corrected chi connectivity index (χ4v) is 2.38. The molecule has 0 saturated carbocycles. The molecule has 3 rings (SSSR count). The molecule has 1 aromatic carbocycles. The average molecular weight is 274 g/mol. The first-order chi connectivity index (χ1) is 9.74. The SMILES string of the molecule is COc1ccc(Cc2noc([C@@H]3CC[C@H](C)O3)n2)cc1. The summed E-state index contributed by atoms with van der Waals surface area (Å²) in [6.45, 7) is 2.06. The van der Waals surface area contributed by atoms with Gasteiger partial charge in [-0.25, -0.2) is 0 Å². The highest BCUT2D eigenvalue weighted by atomic mass is 16.5. The second kappa shape index (κ2) is 5.63. The van der Waals surface area contributed by atoms with Crippen molar-refractivity contribution in [3.8, 4) is 5.75 Å². The Morgan fingerprint density at radius 3 is 2.70 bits per heavy atom. The van der Waals surface area contributed by atoms with Crippen molar-refractivity contribution in [3.63, 3.8) is 0 Å². The van der Waals surface area contributed by atoms with Crippen LogP contribution >= 0.6 is 0 Å². The van der Waals surface area contributed by atoms with Crippen LogP contribution in [0.25, 0.3) is 0 Å². The van der Waals surface area contributed by atoms with Crippen LogP contribution in [0.2, 0.25) is 0 Å². The van der Waals surface area contributed by atoms with Crippen LogP contribution in [-0.4, -0.2) is 23.4 Å². The summed E-state index contributed by atoms with van der Waals surface area (Å²) in [6.07, 6.45) is 2.88. The smallest absolute Gasteiger partial charge is 0.255 e. The van der Waals surface area contributed by atoms with Gasteiger partial charge >= 0.3 is 0 Å². The molecule has 0 unspecified atom stereocenters. The molecular weight excluding hydrogens is 256 g/mol. The van der Waals surface area contributed by atoms with E-state index < -0.39 is 0 Å². The van der Waals surface area contributed by atoms with Gasteiger partial charge in [-0.05, 0) is 37.5 Å². The summed E-state index contributed by atoms with van der Waals surface area (Å²) in [5.74, 6) is 2.13. The average Bonchev–Trinajstić information content (AvgIpc) is 3.09. The van der Waals surface area contributed by atoms with E-state index in [2.05, 4.69) is 17.1 Å². The quantitative estimate of drug-likeness (QED) is 0.858. The van der Waals surface area contributed by atoms with E-state index in [0.29, 0.717) is 18.1 Å².